The number of anilines is 1. The van der Waals surface area contributed by atoms with Crippen molar-refractivity contribution in [2.45, 2.75) is 0 Å². The second-order valence-electron chi connectivity index (χ2n) is 5.75. The Morgan fingerprint density at radius 3 is 1.79 bits per heavy atom. The zero-order valence-corrected chi connectivity index (χ0v) is 16.4. The molecule has 1 heterocycles. The zero-order valence-electron chi connectivity index (χ0n) is 16.4. The van der Waals surface area contributed by atoms with Crippen LogP contribution in [-0.2, 0) is 0 Å². The third-order valence-electron chi connectivity index (χ3n) is 4.28. The Bertz CT molecular complexity index is 958. The number of rotatable bonds is 7. The molecular weight excluding hydrogens is 364 g/mol. The highest BCUT2D eigenvalue weighted by atomic mass is 16.5. The van der Waals surface area contributed by atoms with E-state index in [0.29, 0.717) is 51.5 Å². The van der Waals surface area contributed by atoms with Crippen LogP contribution < -0.4 is 29.4 Å². The molecule has 0 spiro atoms. The van der Waals surface area contributed by atoms with E-state index >= 15 is 0 Å². The summed E-state index contributed by atoms with van der Waals surface area (Å²) in [4.78, 5) is 4.37. The molecule has 0 radical (unpaired) electrons. The lowest BCUT2D eigenvalue weighted by atomic mass is 10.0. The smallest absolute Gasteiger partial charge is 0.203 e. The lowest BCUT2D eigenvalue weighted by molar-refractivity contribution is 0.324. The summed E-state index contributed by atoms with van der Waals surface area (Å²) in [5.41, 5.74) is 8.54. The molecule has 3 aromatic rings. The molecule has 0 atom stereocenters. The summed E-state index contributed by atoms with van der Waals surface area (Å²) < 4.78 is 32.6. The van der Waals surface area contributed by atoms with Gasteiger partial charge in [-0.3, -0.25) is 0 Å². The van der Waals surface area contributed by atoms with Crippen molar-refractivity contribution in [1.82, 2.24) is 4.98 Å². The van der Waals surface area contributed by atoms with E-state index in [-0.39, 0.29) is 0 Å². The maximum Gasteiger partial charge on any atom is 0.203 e. The molecule has 2 N–H and O–H groups in total. The highest BCUT2D eigenvalue weighted by Gasteiger charge is 2.21. The molecule has 0 amide bonds. The quantitative estimate of drug-likeness (QED) is 0.615. The molecule has 8 nitrogen and oxygen atoms in total. The monoisotopic (exact) mass is 386 g/mol. The maximum absolute atomic E-state index is 6.11. The summed E-state index contributed by atoms with van der Waals surface area (Å²) in [5.74, 6) is 2.98. The molecule has 0 unspecified atom stereocenters. The number of nitrogen functional groups attached to an aromatic ring is 1. The molecule has 0 fully saturated rings. The van der Waals surface area contributed by atoms with Crippen LogP contribution in [0.1, 0.15) is 0 Å². The van der Waals surface area contributed by atoms with E-state index in [9.17, 15) is 0 Å². The van der Waals surface area contributed by atoms with Gasteiger partial charge in [0.05, 0.1) is 41.2 Å². The van der Waals surface area contributed by atoms with Gasteiger partial charge in [-0.25, -0.2) is 4.98 Å². The molecule has 28 heavy (non-hydrogen) atoms. The van der Waals surface area contributed by atoms with Crippen LogP contribution in [0.3, 0.4) is 0 Å². The number of methoxy groups -OCH3 is 5. The van der Waals surface area contributed by atoms with Crippen LogP contribution in [0.15, 0.2) is 35.1 Å². The van der Waals surface area contributed by atoms with Gasteiger partial charge in [0.2, 0.25) is 5.75 Å². The van der Waals surface area contributed by atoms with Gasteiger partial charge in [-0.1, -0.05) is 0 Å². The van der Waals surface area contributed by atoms with Crippen LogP contribution in [0, 0.1) is 0 Å². The van der Waals surface area contributed by atoms with Crippen molar-refractivity contribution in [3.05, 3.63) is 30.7 Å². The topological polar surface area (TPSA) is 98.2 Å². The zero-order chi connectivity index (χ0) is 20.3. The van der Waals surface area contributed by atoms with E-state index < -0.39 is 0 Å². The van der Waals surface area contributed by atoms with Gasteiger partial charge in [-0.05, 0) is 24.3 Å². The predicted octanol–water partition coefficient (Wildman–Crippen LogP) is 3.63. The number of hydrogen-bond donors (Lipinski definition) is 1. The van der Waals surface area contributed by atoms with Crippen molar-refractivity contribution in [2.75, 3.05) is 41.3 Å². The molecule has 0 saturated heterocycles. The first kappa shape index (κ1) is 19.2. The first-order valence-electron chi connectivity index (χ1n) is 8.33. The molecule has 8 heteroatoms. The second kappa shape index (κ2) is 7.99. The SMILES string of the molecule is COc1cc(-c2ocnc2-c2cc(OC)c(OC)c(OC)c2)cc(N)c1OC. The number of hydrogen-bond acceptors (Lipinski definition) is 8. The van der Waals surface area contributed by atoms with Gasteiger partial charge in [0.15, 0.2) is 35.2 Å². The number of nitrogens with zero attached hydrogens (tertiary/aromatic N) is 1. The summed E-state index contributed by atoms with van der Waals surface area (Å²) in [6.45, 7) is 0. The molecule has 0 aliphatic rings. The van der Waals surface area contributed by atoms with Crippen LogP contribution in [0.25, 0.3) is 22.6 Å². The first-order valence-corrected chi connectivity index (χ1v) is 8.33. The number of ether oxygens (including phenoxy) is 5. The van der Waals surface area contributed by atoms with Gasteiger partial charge in [-0.2, -0.15) is 0 Å². The Morgan fingerprint density at radius 1 is 0.714 bits per heavy atom. The third-order valence-corrected chi connectivity index (χ3v) is 4.28. The Kier molecular flexibility index (Phi) is 5.49. The third kappa shape index (κ3) is 3.24. The van der Waals surface area contributed by atoms with E-state index in [1.54, 1.807) is 52.7 Å². The Labute approximate surface area is 162 Å². The predicted molar refractivity (Wildman–Crippen MR) is 105 cm³/mol. The molecule has 1 aromatic heterocycles. The second-order valence-corrected chi connectivity index (χ2v) is 5.75. The molecule has 0 aliphatic carbocycles. The summed E-state index contributed by atoms with van der Waals surface area (Å²) in [5, 5.41) is 0. The molecular formula is C20H22N2O6. The standard InChI is InChI=1S/C20H22N2O6/c1-23-14-9-12(6-13(21)19(14)26-4)18-17(22-10-28-18)11-7-15(24-2)20(27-5)16(8-11)25-3/h6-10H,21H2,1-5H3. The summed E-state index contributed by atoms with van der Waals surface area (Å²) in [6.07, 6.45) is 1.36. The van der Waals surface area contributed by atoms with Gasteiger partial charge < -0.3 is 33.8 Å². The van der Waals surface area contributed by atoms with Crippen molar-refractivity contribution in [2.24, 2.45) is 0 Å². The largest absolute Gasteiger partial charge is 0.493 e. The number of aromatic nitrogens is 1. The summed E-state index contributed by atoms with van der Waals surface area (Å²) >= 11 is 0. The minimum Gasteiger partial charge on any atom is -0.493 e. The molecule has 0 saturated carbocycles. The molecule has 0 aliphatic heterocycles. The van der Waals surface area contributed by atoms with Crippen LogP contribution in [0.5, 0.6) is 28.7 Å². The van der Waals surface area contributed by atoms with E-state index in [1.807, 2.05) is 0 Å². The minimum absolute atomic E-state index is 0.420. The number of nitrogens with two attached hydrogens (primary N) is 1. The lowest BCUT2D eigenvalue weighted by Crippen LogP contribution is -1.98. The van der Waals surface area contributed by atoms with Crippen LogP contribution in [0.2, 0.25) is 0 Å². The Morgan fingerprint density at radius 2 is 1.25 bits per heavy atom. The van der Waals surface area contributed by atoms with Gasteiger partial charge >= 0.3 is 0 Å². The number of benzene rings is 2. The Balaban J connectivity index is 2.17. The fourth-order valence-electron chi connectivity index (χ4n) is 3.00. The van der Waals surface area contributed by atoms with Gasteiger partial charge in [0.25, 0.3) is 0 Å². The average molecular weight is 386 g/mol. The lowest BCUT2D eigenvalue weighted by Gasteiger charge is -2.14. The van der Waals surface area contributed by atoms with E-state index in [0.717, 1.165) is 5.56 Å². The fourth-order valence-corrected chi connectivity index (χ4v) is 3.00. The normalized spacial score (nSPS) is 10.5. The van der Waals surface area contributed by atoms with E-state index in [4.69, 9.17) is 33.8 Å². The Hall–Kier alpha value is -3.55. The van der Waals surface area contributed by atoms with Gasteiger partial charge in [0.1, 0.15) is 5.69 Å². The summed E-state index contributed by atoms with van der Waals surface area (Å²) in [7, 11) is 7.73. The van der Waals surface area contributed by atoms with Crippen LogP contribution >= 0.6 is 0 Å². The first-order chi connectivity index (χ1) is 13.6. The van der Waals surface area contributed by atoms with Crippen molar-refractivity contribution in [1.29, 1.82) is 0 Å². The molecule has 0 bridgehead atoms. The van der Waals surface area contributed by atoms with Crippen molar-refractivity contribution in [3.63, 3.8) is 0 Å². The average Bonchev–Trinajstić information content (AvgIpc) is 3.21. The van der Waals surface area contributed by atoms with E-state index in [1.165, 1.54) is 13.5 Å². The van der Waals surface area contributed by atoms with Crippen molar-refractivity contribution in [3.8, 4) is 51.3 Å². The maximum atomic E-state index is 6.11. The molecule has 2 aromatic carbocycles. The fraction of sp³-hybridized carbons (Fsp3) is 0.250. The van der Waals surface area contributed by atoms with Gasteiger partial charge in [-0.15, -0.1) is 0 Å². The highest BCUT2D eigenvalue weighted by molar-refractivity contribution is 5.82. The van der Waals surface area contributed by atoms with E-state index in [2.05, 4.69) is 4.98 Å². The molecule has 148 valence electrons. The van der Waals surface area contributed by atoms with Crippen LogP contribution in [-0.4, -0.2) is 40.5 Å². The molecule has 3 rings (SSSR count). The van der Waals surface area contributed by atoms with Crippen molar-refractivity contribution < 1.29 is 28.1 Å². The number of oxazole rings is 1. The minimum atomic E-state index is 0.420. The van der Waals surface area contributed by atoms with Gasteiger partial charge in [0, 0.05) is 11.1 Å². The summed E-state index contributed by atoms with van der Waals surface area (Å²) in [6, 6.07) is 7.11. The van der Waals surface area contributed by atoms with Crippen LogP contribution in [0.4, 0.5) is 5.69 Å². The highest BCUT2D eigenvalue weighted by Crippen LogP contribution is 2.44. The van der Waals surface area contributed by atoms with Crippen molar-refractivity contribution >= 4 is 5.69 Å².